The summed E-state index contributed by atoms with van der Waals surface area (Å²) in [5.41, 5.74) is 9.92. The number of carbonyl (C=O) groups excluding carboxylic acids is 1. The molecule has 1 fully saturated rings. The SMILES string of the molecule is C/C=C1\[C@H]2C=C(C)C[C@]1(N)C1C=CC(=O)N=C1C2. The van der Waals surface area contributed by atoms with Gasteiger partial charge in [0.1, 0.15) is 0 Å². The van der Waals surface area contributed by atoms with Crippen molar-refractivity contribution in [2.45, 2.75) is 32.2 Å². The molecule has 3 atom stereocenters. The van der Waals surface area contributed by atoms with Gasteiger partial charge in [-0.3, -0.25) is 4.79 Å². The predicted molar refractivity (Wildman–Crippen MR) is 72.2 cm³/mol. The van der Waals surface area contributed by atoms with E-state index in [1.807, 2.05) is 6.08 Å². The molecule has 0 aromatic heterocycles. The van der Waals surface area contributed by atoms with E-state index in [1.165, 1.54) is 11.1 Å². The standard InChI is InChI=1S/C15H18N2O/c1-3-11-10-6-9(2)8-15(11,16)12-4-5-14(18)17-13(12)7-10/h3-6,10,12H,7-8,16H2,1-2H3/b11-3+/t10-,12?,15+/m0/s1. The van der Waals surface area contributed by atoms with Crippen molar-refractivity contribution >= 4 is 11.6 Å². The second kappa shape index (κ2) is 3.75. The highest BCUT2D eigenvalue weighted by Gasteiger charge is 2.49. The van der Waals surface area contributed by atoms with E-state index in [0.717, 1.165) is 18.6 Å². The van der Waals surface area contributed by atoms with Gasteiger partial charge in [0.05, 0.1) is 5.54 Å². The summed E-state index contributed by atoms with van der Waals surface area (Å²) in [5.74, 6) is 0.261. The highest BCUT2D eigenvalue weighted by Crippen LogP contribution is 2.47. The van der Waals surface area contributed by atoms with Crippen LogP contribution in [0.3, 0.4) is 0 Å². The molecule has 0 radical (unpaired) electrons. The summed E-state index contributed by atoms with van der Waals surface area (Å²) in [7, 11) is 0. The van der Waals surface area contributed by atoms with Crippen LogP contribution in [0, 0.1) is 11.8 Å². The number of carbonyl (C=O) groups is 1. The summed E-state index contributed by atoms with van der Waals surface area (Å²) in [6, 6.07) is 0. The molecule has 3 nitrogen and oxygen atoms in total. The molecule has 0 aromatic rings. The zero-order chi connectivity index (χ0) is 12.9. The minimum atomic E-state index is -0.382. The van der Waals surface area contributed by atoms with Crippen LogP contribution in [-0.2, 0) is 4.79 Å². The lowest BCUT2D eigenvalue weighted by Crippen LogP contribution is -2.58. The summed E-state index contributed by atoms with van der Waals surface area (Å²) in [6.45, 7) is 4.19. The van der Waals surface area contributed by atoms with Gasteiger partial charge in [0.2, 0.25) is 0 Å². The van der Waals surface area contributed by atoms with E-state index in [0.29, 0.717) is 5.92 Å². The molecular weight excluding hydrogens is 224 g/mol. The normalized spacial score (nSPS) is 40.4. The lowest BCUT2D eigenvalue weighted by Gasteiger charge is -2.49. The van der Waals surface area contributed by atoms with Crippen molar-refractivity contribution in [1.29, 1.82) is 0 Å². The Bertz CT molecular complexity index is 539. The Labute approximate surface area is 107 Å². The highest BCUT2D eigenvalue weighted by molar-refractivity contribution is 6.06. The molecule has 18 heavy (non-hydrogen) atoms. The van der Waals surface area contributed by atoms with Crippen LogP contribution >= 0.6 is 0 Å². The minimum absolute atomic E-state index is 0.0845. The monoisotopic (exact) mass is 242 g/mol. The van der Waals surface area contributed by atoms with Gasteiger partial charge in [-0.05, 0) is 32.3 Å². The summed E-state index contributed by atoms with van der Waals surface area (Å²) in [5, 5.41) is 0. The molecule has 0 aromatic carbocycles. The third-order valence-electron chi connectivity index (χ3n) is 4.33. The number of aliphatic imine (C=N–C) groups is 1. The molecule has 1 saturated carbocycles. The minimum Gasteiger partial charge on any atom is -0.321 e. The van der Waals surface area contributed by atoms with Gasteiger partial charge in [0.15, 0.2) is 0 Å². The number of dihydropyridines is 1. The van der Waals surface area contributed by atoms with E-state index < -0.39 is 0 Å². The molecule has 0 saturated heterocycles. The van der Waals surface area contributed by atoms with E-state index in [4.69, 9.17) is 5.73 Å². The van der Waals surface area contributed by atoms with Crippen LogP contribution in [0.1, 0.15) is 26.7 Å². The first-order valence-electron chi connectivity index (χ1n) is 6.47. The fourth-order valence-corrected chi connectivity index (χ4v) is 3.75. The largest absolute Gasteiger partial charge is 0.321 e. The van der Waals surface area contributed by atoms with Gasteiger partial charge in [-0.15, -0.1) is 0 Å². The van der Waals surface area contributed by atoms with E-state index in [9.17, 15) is 4.79 Å². The number of nitrogens with zero attached hydrogens (tertiary/aromatic N) is 1. The molecule has 2 aliphatic carbocycles. The molecule has 0 spiro atoms. The first-order valence-corrected chi connectivity index (χ1v) is 6.47. The summed E-state index contributed by atoms with van der Waals surface area (Å²) < 4.78 is 0. The smallest absolute Gasteiger partial charge is 0.269 e. The van der Waals surface area contributed by atoms with Crippen LogP contribution in [-0.4, -0.2) is 17.2 Å². The van der Waals surface area contributed by atoms with Crippen molar-refractivity contribution in [2.75, 3.05) is 0 Å². The van der Waals surface area contributed by atoms with Crippen molar-refractivity contribution < 1.29 is 4.79 Å². The highest BCUT2D eigenvalue weighted by atomic mass is 16.1. The molecule has 3 aliphatic rings. The second-order valence-corrected chi connectivity index (χ2v) is 5.56. The Morgan fingerprint density at radius 2 is 2.33 bits per heavy atom. The third kappa shape index (κ3) is 1.47. The summed E-state index contributed by atoms with van der Waals surface area (Å²) in [4.78, 5) is 15.6. The Kier molecular flexibility index (Phi) is 2.42. The van der Waals surface area contributed by atoms with Crippen molar-refractivity contribution in [3.8, 4) is 0 Å². The van der Waals surface area contributed by atoms with E-state index in [1.54, 1.807) is 6.08 Å². The topological polar surface area (TPSA) is 55.5 Å². The maximum Gasteiger partial charge on any atom is 0.269 e. The molecule has 94 valence electrons. The molecule has 2 bridgehead atoms. The Morgan fingerprint density at radius 1 is 1.56 bits per heavy atom. The first kappa shape index (κ1) is 11.6. The maximum absolute atomic E-state index is 11.4. The number of hydrogen-bond acceptors (Lipinski definition) is 2. The molecule has 1 heterocycles. The Morgan fingerprint density at radius 3 is 3.06 bits per heavy atom. The maximum atomic E-state index is 11.4. The molecular formula is C15H18N2O. The lowest BCUT2D eigenvalue weighted by atomic mass is 9.58. The van der Waals surface area contributed by atoms with Crippen LogP contribution in [0.4, 0.5) is 0 Å². The zero-order valence-corrected chi connectivity index (χ0v) is 10.8. The van der Waals surface area contributed by atoms with Crippen LogP contribution in [0.25, 0.3) is 0 Å². The average Bonchev–Trinajstić information content (AvgIpc) is 2.26. The Hall–Kier alpha value is -1.48. The van der Waals surface area contributed by atoms with Gasteiger partial charge >= 0.3 is 0 Å². The van der Waals surface area contributed by atoms with Crippen LogP contribution in [0.2, 0.25) is 0 Å². The van der Waals surface area contributed by atoms with Crippen molar-refractivity contribution in [1.82, 2.24) is 0 Å². The number of hydrogen-bond donors (Lipinski definition) is 1. The van der Waals surface area contributed by atoms with Gasteiger partial charge in [-0.2, -0.15) is 0 Å². The lowest BCUT2D eigenvalue weighted by molar-refractivity contribution is -0.113. The Balaban J connectivity index is 2.15. The van der Waals surface area contributed by atoms with Gasteiger partial charge in [-0.1, -0.05) is 23.8 Å². The van der Waals surface area contributed by atoms with Gasteiger partial charge < -0.3 is 5.73 Å². The van der Waals surface area contributed by atoms with Crippen LogP contribution < -0.4 is 5.73 Å². The van der Waals surface area contributed by atoms with Crippen LogP contribution in [0.15, 0.2) is 40.4 Å². The molecule has 1 amide bonds. The van der Waals surface area contributed by atoms with Crippen molar-refractivity contribution in [2.24, 2.45) is 22.6 Å². The van der Waals surface area contributed by atoms with E-state index in [-0.39, 0.29) is 17.4 Å². The predicted octanol–water partition coefficient (Wildman–Crippen LogP) is 2.15. The fourth-order valence-electron chi connectivity index (χ4n) is 3.75. The third-order valence-corrected chi connectivity index (χ3v) is 4.33. The summed E-state index contributed by atoms with van der Waals surface area (Å²) in [6.07, 6.45) is 9.62. The van der Waals surface area contributed by atoms with E-state index in [2.05, 4.69) is 31.0 Å². The van der Waals surface area contributed by atoms with E-state index >= 15 is 0 Å². The average molecular weight is 242 g/mol. The zero-order valence-electron chi connectivity index (χ0n) is 10.8. The second-order valence-electron chi connectivity index (χ2n) is 5.56. The van der Waals surface area contributed by atoms with Gasteiger partial charge in [-0.25, -0.2) is 4.99 Å². The molecule has 1 aliphatic heterocycles. The quantitative estimate of drug-likeness (QED) is 0.662. The van der Waals surface area contributed by atoms with Gasteiger partial charge in [0.25, 0.3) is 5.91 Å². The van der Waals surface area contributed by atoms with Gasteiger partial charge in [0, 0.05) is 23.6 Å². The molecule has 3 rings (SSSR count). The van der Waals surface area contributed by atoms with Crippen molar-refractivity contribution in [3.63, 3.8) is 0 Å². The molecule has 1 unspecified atom stereocenters. The number of fused-ring (bicyclic) bond motifs is 4. The van der Waals surface area contributed by atoms with Crippen molar-refractivity contribution in [3.05, 3.63) is 35.5 Å². The number of nitrogens with two attached hydrogens (primary N) is 1. The molecule has 2 N–H and O–H groups in total. The molecule has 3 heteroatoms. The summed E-state index contributed by atoms with van der Waals surface area (Å²) >= 11 is 0. The number of rotatable bonds is 0. The number of allylic oxidation sites excluding steroid dienone is 2. The number of amides is 1. The first-order chi connectivity index (χ1) is 8.54. The fraction of sp³-hybridized carbons (Fsp3) is 0.467. The van der Waals surface area contributed by atoms with Crippen LogP contribution in [0.5, 0.6) is 0 Å².